The van der Waals surface area contributed by atoms with Gasteiger partial charge in [-0.25, -0.2) is 4.98 Å². The molecule has 3 heterocycles. The second-order valence-corrected chi connectivity index (χ2v) is 7.20. The van der Waals surface area contributed by atoms with Crippen LogP contribution in [0.25, 0.3) is 17.2 Å². The summed E-state index contributed by atoms with van der Waals surface area (Å²) in [6.45, 7) is 3.80. The normalized spacial score (nSPS) is 16.0. The highest BCUT2D eigenvalue weighted by atomic mass is 16.6. The van der Waals surface area contributed by atoms with E-state index in [1.807, 2.05) is 44.3 Å². The van der Waals surface area contributed by atoms with E-state index in [1.54, 1.807) is 31.5 Å². The highest BCUT2D eigenvalue weighted by Gasteiger charge is 2.22. The molecule has 0 bridgehead atoms. The van der Waals surface area contributed by atoms with Crippen LogP contribution in [0.4, 0.5) is 11.4 Å². The van der Waals surface area contributed by atoms with Gasteiger partial charge in [-0.3, -0.25) is 19.5 Å². The lowest BCUT2D eigenvalue weighted by atomic mass is 10.1. The third-order valence-electron chi connectivity index (χ3n) is 5.19. The number of hydrogen-bond acceptors (Lipinski definition) is 6. The van der Waals surface area contributed by atoms with Gasteiger partial charge in [-0.15, -0.1) is 0 Å². The quantitative estimate of drug-likeness (QED) is 0.455. The zero-order valence-corrected chi connectivity index (χ0v) is 17.6. The molecule has 8 heteroatoms. The summed E-state index contributed by atoms with van der Waals surface area (Å²) in [7, 11) is 1.54. The van der Waals surface area contributed by atoms with Crippen LogP contribution >= 0.6 is 0 Å². The summed E-state index contributed by atoms with van der Waals surface area (Å²) in [6, 6.07) is 9.16. The van der Waals surface area contributed by atoms with Crippen molar-refractivity contribution in [2.24, 2.45) is 4.99 Å². The molecule has 1 unspecified atom stereocenters. The largest absolute Gasteiger partial charge is 0.495 e. The standard InChI is InChI=1S/C23H23N5O3/c1-4-7-16-12-21(31-3)18(14-20(16)28(29)30)26-22-13-17(9-10-24-22)23-25-15(2)19-8-5-6-11-27(19)23/h4-12,14,22,26H,13H2,1-3H3/b7-4+. The fourth-order valence-electron chi connectivity index (χ4n) is 3.76. The average Bonchev–Trinajstić information content (AvgIpc) is 3.11. The van der Waals surface area contributed by atoms with E-state index in [0.29, 0.717) is 23.4 Å². The molecule has 0 fully saturated rings. The number of imidazole rings is 1. The van der Waals surface area contributed by atoms with Gasteiger partial charge in [0.15, 0.2) is 0 Å². The molecule has 0 amide bonds. The second-order valence-electron chi connectivity index (χ2n) is 7.20. The Labute approximate surface area is 179 Å². The van der Waals surface area contributed by atoms with Gasteiger partial charge in [0.1, 0.15) is 17.7 Å². The number of rotatable bonds is 6. The minimum atomic E-state index is -0.394. The number of ether oxygens (including phenoxy) is 1. The topological polar surface area (TPSA) is 94.1 Å². The number of aryl methyl sites for hydroxylation is 1. The third kappa shape index (κ3) is 3.92. The van der Waals surface area contributed by atoms with E-state index in [-0.39, 0.29) is 11.9 Å². The van der Waals surface area contributed by atoms with E-state index < -0.39 is 4.92 Å². The van der Waals surface area contributed by atoms with Gasteiger partial charge in [0.25, 0.3) is 5.69 Å². The van der Waals surface area contributed by atoms with Crippen LogP contribution in [0.3, 0.4) is 0 Å². The number of nitro benzene ring substituents is 1. The number of fused-ring (bicyclic) bond motifs is 1. The van der Waals surface area contributed by atoms with Crippen LogP contribution in [-0.2, 0) is 0 Å². The Hall–Kier alpha value is -3.94. The number of nitro groups is 1. The summed E-state index contributed by atoms with van der Waals surface area (Å²) in [5, 5.41) is 14.8. The van der Waals surface area contributed by atoms with Crippen molar-refractivity contribution in [1.29, 1.82) is 0 Å². The molecular weight excluding hydrogens is 394 g/mol. The molecule has 1 aromatic carbocycles. The molecule has 0 saturated heterocycles. The Balaban J connectivity index is 1.64. The number of aromatic nitrogens is 2. The molecule has 2 aromatic heterocycles. The Bertz CT molecular complexity index is 1240. The third-order valence-corrected chi connectivity index (χ3v) is 5.19. The van der Waals surface area contributed by atoms with Gasteiger partial charge in [-0.2, -0.15) is 0 Å². The molecule has 1 N–H and O–H groups in total. The molecule has 0 saturated carbocycles. The monoisotopic (exact) mass is 417 g/mol. The summed E-state index contributed by atoms with van der Waals surface area (Å²) in [6.07, 6.45) is 9.41. The number of benzene rings is 1. The average molecular weight is 417 g/mol. The lowest BCUT2D eigenvalue weighted by molar-refractivity contribution is -0.385. The highest BCUT2D eigenvalue weighted by Crippen LogP contribution is 2.35. The second kappa shape index (κ2) is 8.43. The highest BCUT2D eigenvalue weighted by molar-refractivity contribution is 5.86. The van der Waals surface area contributed by atoms with Crippen LogP contribution in [0.1, 0.15) is 30.4 Å². The minimum Gasteiger partial charge on any atom is -0.495 e. The van der Waals surface area contributed by atoms with Crippen molar-refractivity contribution < 1.29 is 9.66 Å². The maximum atomic E-state index is 11.6. The molecule has 0 spiro atoms. The van der Waals surface area contributed by atoms with Gasteiger partial charge in [-0.05, 0) is 38.1 Å². The van der Waals surface area contributed by atoms with E-state index in [0.717, 1.165) is 22.6 Å². The van der Waals surface area contributed by atoms with E-state index >= 15 is 0 Å². The zero-order valence-electron chi connectivity index (χ0n) is 17.6. The lowest BCUT2D eigenvalue weighted by Gasteiger charge is -2.21. The van der Waals surface area contributed by atoms with Gasteiger partial charge >= 0.3 is 0 Å². The van der Waals surface area contributed by atoms with Crippen molar-refractivity contribution in [2.45, 2.75) is 26.4 Å². The smallest absolute Gasteiger partial charge is 0.278 e. The Morgan fingerprint density at radius 1 is 1.35 bits per heavy atom. The predicted octanol–water partition coefficient (Wildman–Crippen LogP) is 4.89. The van der Waals surface area contributed by atoms with Gasteiger partial charge in [0.2, 0.25) is 0 Å². The molecule has 1 aliphatic heterocycles. The van der Waals surface area contributed by atoms with Crippen LogP contribution in [-0.4, -0.2) is 33.8 Å². The van der Waals surface area contributed by atoms with Gasteiger partial charge in [-0.1, -0.05) is 18.2 Å². The molecule has 31 heavy (non-hydrogen) atoms. The molecule has 158 valence electrons. The van der Waals surface area contributed by atoms with Crippen LogP contribution in [0.5, 0.6) is 5.75 Å². The zero-order chi connectivity index (χ0) is 22.0. The van der Waals surface area contributed by atoms with E-state index in [9.17, 15) is 10.1 Å². The Kier molecular flexibility index (Phi) is 5.53. The summed E-state index contributed by atoms with van der Waals surface area (Å²) < 4.78 is 7.54. The molecular formula is C23H23N5O3. The molecule has 3 aromatic rings. The van der Waals surface area contributed by atoms with Crippen LogP contribution < -0.4 is 10.1 Å². The number of aliphatic imine (C=N–C) groups is 1. The number of anilines is 1. The summed E-state index contributed by atoms with van der Waals surface area (Å²) in [5.41, 5.74) is 4.06. The summed E-state index contributed by atoms with van der Waals surface area (Å²) in [4.78, 5) is 20.4. The predicted molar refractivity (Wildman–Crippen MR) is 123 cm³/mol. The Morgan fingerprint density at radius 2 is 2.19 bits per heavy atom. The minimum absolute atomic E-state index is 0.00632. The van der Waals surface area contributed by atoms with Crippen molar-refractivity contribution in [3.63, 3.8) is 0 Å². The number of hydrogen-bond donors (Lipinski definition) is 1. The van der Waals surface area contributed by atoms with Crippen molar-refractivity contribution in [3.8, 4) is 5.75 Å². The van der Waals surface area contributed by atoms with Crippen LogP contribution in [0.15, 0.2) is 53.7 Å². The summed E-state index contributed by atoms with van der Waals surface area (Å²) >= 11 is 0. The van der Waals surface area contributed by atoms with E-state index in [2.05, 4.69) is 14.7 Å². The molecule has 4 rings (SSSR count). The molecule has 0 radical (unpaired) electrons. The number of nitrogens with one attached hydrogen (secondary N) is 1. The van der Waals surface area contributed by atoms with Crippen molar-refractivity contribution in [2.75, 3.05) is 12.4 Å². The number of pyridine rings is 1. The van der Waals surface area contributed by atoms with Crippen LogP contribution in [0.2, 0.25) is 0 Å². The molecule has 0 aliphatic carbocycles. The number of methoxy groups -OCH3 is 1. The van der Waals surface area contributed by atoms with Crippen molar-refractivity contribution in [1.82, 2.24) is 9.38 Å². The van der Waals surface area contributed by atoms with E-state index in [1.165, 1.54) is 6.07 Å². The van der Waals surface area contributed by atoms with Crippen molar-refractivity contribution in [3.05, 3.63) is 75.9 Å². The van der Waals surface area contributed by atoms with Gasteiger partial charge < -0.3 is 10.1 Å². The van der Waals surface area contributed by atoms with Crippen molar-refractivity contribution >= 4 is 34.8 Å². The fourth-order valence-corrected chi connectivity index (χ4v) is 3.76. The first-order chi connectivity index (χ1) is 15.0. The Morgan fingerprint density at radius 3 is 2.94 bits per heavy atom. The molecule has 1 atom stereocenters. The number of allylic oxidation sites excluding steroid dienone is 2. The maximum Gasteiger partial charge on any atom is 0.278 e. The lowest BCUT2D eigenvalue weighted by Crippen LogP contribution is -2.21. The first kappa shape index (κ1) is 20.3. The van der Waals surface area contributed by atoms with Gasteiger partial charge in [0.05, 0.1) is 34.5 Å². The maximum absolute atomic E-state index is 11.6. The van der Waals surface area contributed by atoms with Crippen LogP contribution in [0, 0.1) is 17.0 Å². The molecule has 8 nitrogen and oxygen atoms in total. The first-order valence-corrected chi connectivity index (χ1v) is 9.94. The number of nitrogens with zero attached hydrogens (tertiary/aromatic N) is 4. The van der Waals surface area contributed by atoms with E-state index in [4.69, 9.17) is 9.72 Å². The van der Waals surface area contributed by atoms with Gasteiger partial charge in [0, 0.05) is 30.5 Å². The summed E-state index contributed by atoms with van der Waals surface area (Å²) in [5.74, 6) is 1.39. The molecule has 1 aliphatic rings. The first-order valence-electron chi connectivity index (χ1n) is 9.94. The SMILES string of the molecule is C/C=C/c1cc(OC)c(NC2CC(c3nc(C)c4ccccn34)=CC=N2)cc1[N+](=O)[O-]. The fraction of sp³-hybridized carbons (Fsp3) is 0.217. The number of dihydropyridines is 1.